The summed E-state index contributed by atoms with van der Waals surface area (Å²) in [5.41, 5.74) is -2.92. The average molecular weight is 573 g/mol. The molecule has 0 spiro atoms. The molecule has 1 aliphatic carbocycles. The van der Waals surface area contributed by atoms with Crippen molar-refractivity contribution in [1.29, 1.82) is 0 Å². The number of nitrogens with one attached hydrogen (secondary N) is 2. The highest BCUT2D eigenvalue weighted by Gasteiger charge is 2.49. The van der Waals surface area contributed by atoms with E-state index in [1.54, 1.807) is 0 Å². The number of halogens is 7. The number of hydrogen-bond acceptors (Lipinski definition) is 2. The summed E-state index contributed by atoms with van der Waals surface area (Å²) < 4.78 is 92.9. The van der Waals surface area contributed by atoms with Gasteiger partial charge in [-0.25, -0.2) is 4.39 Å². The van der Waals surface area contributed by atoms with Gasteiger partial charge in [-0.2, -0.15) is 26.3 Å². The molecule has 2 aromatic rings. The maximum atomic E-state index is 13.5. The molecular weight excluding hydrogens is 537 g/mol. The SMILES string of the molecule is CC(C)C1(C(=O)NCc2cc(C(F)(F)F)cc(C(F)(F)F)c2)CC(C2CCCC(c3ccc(F)cc3)CC2)CN1. The van der Waals surface area contributed by atoms with E-state index >= 15 is 0 Å². The zero-order valence-electron chi connectivity index (χ0n) is 22.6. The molecule has 1 saturated carbocycles. The molecule has 4 unspecified atom stereocenters. The lowest BCUT2D eigenvalue weighted by Gasteiger charge is -2.33. The van der Waals surface area contributed by atoms with Crippen LogP contribution in [0.2, 0.25) is 0 Å². The molecule has 220 valence electrons. The van der Waals surface area contributed by atoms with Crippen molar-refractivity contribution < 1.29 is 35.5 Å². The fourth-order valence-corrected chi connectivity index (χ4v) is 6.41. The van der Waals surface area contributed by atoms with Crippen LogP contribution in [0.15, 0.2) is 42.5 Å². The van der Waals surface area contributed by atoms with Crippen molar-refractivity contribution in [2.75, 3.05) is 6.54 Å². The van der Waals surface area contributed by atoms with Gasteiger partial charge in [-0.15, -0.1) is 0 Å². The largest absolute Gasteiger partial charge is 0.416 e. The first-order chi connectivity index (χ1) is 18.7. The van der Waals surface area contributed by atoms with E-state index in [1.807, 2.05) is 26.0 Å². The predicted molar refractivity (Wildman–Crippen MR) is 138 cm³/mol. The van der Waals surface area contributed by atoms with Gasteiger partial charge in [0.1, 0.15) is 11.4 Å². The molecule has 0 bridgehead atoms. The Labute approximate surface area is 229 Å². The van der Waals surface area contributed by atoms with Crippen LogP contribution < -0.4 is 10.6 Å². The smallest absolute Gasteiger partial charge is 0.350 e. The monoisotopic (exact) mass is 572 g/mol. The number of benzene rings is 2. The molecule has 1 heterocycles. The van der Waals surface area contributed by atoms with Gasteiger partial charge < -0.3 is 10.6 Å². The lowest BCUT2D eigenvalue weighted by Crippen LogP contribution is -2.56. The van der Waals surface area contributed by atoms with Gasteiger partial charge in [0.25, 0.3) is 0 Å². The van der Waals surface area contributed by atoms with Crippen LogP contribution in [0.3, 0.4) is 0 Å². The Balaban J connectivity index is 1.43. The summed E-state index contributed by atoms with van der Waals surface area (Å²) in [6.07, 6.45) is -4.40. The summed E-state index contributed by atoms with van der Waals surface area (Å²) in [7, 11) is 0. The Bertz CT molecular complexity index is 1140. The van der Waals surface area contributed by atoms with Gasteiger partial charge in [-0.1, -0.05) is 38.8 Å². The van der Waals surface area contributed by atoms with Crippen LogP contribution in [0.4, 0.5) is 30.7 Å². The molecule has 1 aliphatic heterocycles. The highest BCUT2D eigenvalue weighted by molar-refractivity contribution is 5.87. The van der Waals surface area contributed by atoms with E-state index in [9.17, 15) is 35.5 Å². The molecule has 2 aromatic carbocycles. The summed E-state index contributed by atoms with van der Waals surface area (Å²) in [6.45, 7) is 3.94. The molecule has 4 atom stereocenters. The summed E-state index contributed by atoms with van der Waals surface area (Å²) >= 11 is 0. The highest BCUT2D eigenvalue weighted by atomic mass is 19.4. The van der Waals surface area contributed by atoms with E-state index in [4.69, 9.17) is 0 Å². The zero-order valence-corrected chi connectivity index (χ0v) is 22.6. The van der Waals surface area contributed by atoms with Gasteiger partial charge in [0.2, 0.25) is 5.91 Å². The molecular formula is C30H35F7N2O. The Morgan fingerprint density at radius 1 is 0.925 bits per heavy atom. The fourth-order valence-electron chi connectivity index (χ4n) is 6.41. The molecule has 40 heavy (non-hydrogen) atoms. The Kier molecular flexibility index (Phi) is 8.88. The molecule has 0 aromatic heterocycles. The van der Waals surface area contributed by atoms with Crippen LogP contribution in [0.5, 0.6) is 0 Å². The van der Waals surface area contributed by atoms with Gasteiger partial charge in [0.15, 0.2) is 0 Å². The highest BCUT2D eigenvalue weighted by Crippen LogP contribution is 2.43. The van der Waals surface area contributed by atoms with E-state index in [1.165, 1.54) is 12.1 Å². The van der Waals surface area contributed by atoms with Gasteiger partial charge >= 0.3 is 12.4 Å². The maximum absolute atomic E-state index is 13.5. The average Bonchev–Trinajstić information content (AvgIpc) is 3.20. The minimum absolute atomic E-state index is 0.0808. The number of carbonyl (C=O) groups is 1. The Hall–Kier alpha value is -2.62. The molecule has 1 saturated heterocycles. The normalized spacial score (nSPS) is 26.1. The molecule has 1 amide bonds. The zero-order chi connectivity index (χ0) is 29.3. The van der Waals surface area contributed by atoms with Crippen molar-refractivity contribution in [3.05, 3.63) is 70.5 Å². The lowest BCUT2D eigenvalue weighted by atomic mass is 9.76. The minimum atomic E-state index is -4.95. The van der Waals surface area contributed by atoms with Crippen molar-refractivity contribution in [2.24, 2.45) is 17.8 Å². The van der Waals surface area contributed by atoms with E-state index in [2.05, 4.69) is 10.6 Å². The first kappa shape index (κ1) is 30.3. The fraction of sp³-hybridized carbons (Fsp3) is 0.567. The minimum Gasteiger partial charge on any atom is -0.350 e. The van der Waals surface area contributed by atoms with E-state index in [0.29, 0.717) is 36.9 Å². The molecule has 2 fully saturated rings. The van der Waals surface area contributed by atoms with Gasteiger partial charge in [0, 0.05) is 6.54 Å². The van der Waals surface area contributed by atoms with Crippen LogP contribution in [0.25, 0.3) is 0 Å². The van der Waals surface area contributed by atoms with E-state index in [0.717, 1.165) is 37.7 Å². The van der Waals surface area contributed by atoms with Crippen molar-refractivity contribution in [3.8, 4) is 0 Å². The first-order valence-electron chi connectivity index (χ1n) is 13.8. The summed E-state index contributed by atoms with van der Waals surface area (Å²) in [5, 5.41) is 6.00. The van der Waals surface area contributed by atoms with Gasteiger partial charge in [-0.05, 0) is 97.4 Å². The van der Waals surface area contributed by atoms with Crippen LogP contribution in [-0.2, 0) is 23.7 Å². The van der Waals surface area contributed by atoms with Crippen LogP contribution in [0, 0.1) is 23.6 Å². The second kappa shape index (κ2) is 11.7. The third-order valence-corrected chi connectivity index (χ3v) is 8.78. The third-order valence-electron chi connectivity index (χ3n) is 8.78. The number of rotatable bonds is 6. The Morgan fingerprint density at radius 2 is 1.55 bits per heavy atom. The lowest BCUT2D eigenvalue weighted by molar-refractivity contribution is -0.143. The second-order valence-electron chi connectivity index (χ2n) is 11.6. The molecule has 0 radical (unpaired) electrons. The number of hydrogen-bond donors (Lipinski definition) is 2. The second-order valence-corrected chi connectivity index (χ2v) is 11.6. The van der Waals surface area contributed by atoms with Crippen molar-refractivity contribution in [1.82, 2.24) is 10.6 Å². The van der Waals surface area contributed by atoms with Crippen LogP contribution in [0.1, 0.15) is 80.5 Å². The van der Waals surface area contributed by atoms with Crippen LogP contribution >= 0.6 is 0 Å². The topological polar surface area (TPSA) is 41.1 Å². The number of alkyl halides is 6. The third kappa shape index (κ3) is 6.81. The summed E-state index contributed by atoms with van der Waals surface area (Å²) in [4.78, 5) is 13.5. The molecule has 4 rings (SSSR count). The molecule has 2 N–H and O–H groups in total. The number of amides is 1. The van der Waals surface area contributed by atoms with Crippen molar-refractivity contribution >= 4 is 5.91 Å². The molecule has 2 aliphatic rings. The first-order valence-corrected chi connectivity index (χ1v) is 13.8. The van der Waals surface area contributed by atoms with E-state index in [-0.39, 0.29) is 29.3 Å². The van der Waals surface area contributed by atoms with Gasteiger partial charge in [0.05, 0.1) is 11.1 Å². The molecule has 10 heteroatoms. The summed E-state index contributed by atoms with van der Waals surface area (Å²) in [6, 6.07) is 8.02. The van der Waals surface area contributed by atoms with Crippen molar-refractivity contribution in [2.45, 2.75) is 82.7 Å². The number of carbonyl (C=O) groups excluding carboxylic acids is 1. The van der Waals surface area contributed by atoms with E-state index < -0.39 is 41.5 Å². The summed E-state index contributed by atoms with van der Waals surface area (Å²) in [5.74, 6) is 0.113. The predicted octanol–water partition coefficient (Wildman–Crippen LogP) is 7.85. The van der Waals surface area contributed by atoms with Crippen LogP contribution in [-0.4, -0.2) is 18.0 Å². The quantitative estimate of drug-likeness (QED) is 0.274. The Morgan fingerprint density at radius 3 is 2.12 bits per heavy atom. The maximum Gasteiger partial charge on any atom is 0.416 e. The standard InChI is InChI=1S/C30H35F7N2O/c1-18(2)28(27(40)38-16-19-12-24(29(32,33)34)14-25(13-19)30(35,36)37)15-23(17-39-28)21-5-3-4-20(6-7-21)22-8-10-26(31)11-9-22/h8-14,18,20-21,23,39H,3-7,15-17H2,1-2H3,(H,38,40). The molecule has 3 nitrogen and oxygen atoms in total. The van der Waals surface area contributed by atoms with Gasteiger partial charge in [-0.3, -0.25) is 4.79 Å². The van der Waals surface area contributed by atoms with Crippen molar-refractivity contribution in [3.63, 3.8) is 0 Å².